The summed E-state index contributed by atoms with van der Waals surface area (Å²) in [6, 6.07) is 2.32. The number of amides is 1. The number of aromatic nitrogens is 3. The van der Waals surface area contributed by atoms with E-state index in [1.54, 1.807) is 11.3 Å². The molecule has 24 heavy (non-hydrogen) atoms. The minimum absolute atomic E-state index is 0.0798. The summed E-state index contributed by atoms with van der Waals surface area (Å²) in [7, 11) is 1.52. The van der Waals surface area contributed by atoms with Crippen LogP contribution >= 0.6 is 11.3 Å². The highest BCUT2D eigenvalue weighted by atomic mass is 32.1. The molecule has 7 nitrogen and oxygen atoms in total. The summed E-state index contributed by atoms with van der Waals surface area (Å²) in [5.41, 5.74) is 2.33. The summed E-state index contributed by atoms with van der Waals surface area (Å²) in [5.74, 6) is -0.0798. The highest BCUT2D eigenvalue weighted by Crippen LogP contribution is 2.24. The lowest BCUT2D eigenvalue weighted by Crippen LogP contribution is -2.39. The molecular weight excluding hydrogens is 326 g/mol. The molecule has 3 heterocycles. The van der Waals surface area contributed by atoms with E-state index in [4.69, 9.17) is 4.74 Å². The first-order valence-corrected chi connectivity index (χ1v) is 8.95. The first-order chi connectivity index (χ1) is 11.7. The number of aryl methyl sites for hydroxylation is 1. The number of hydrogen-bond donors (Lipinski definition) is 1. The molecule has 0 aromatic carbocycles. The Balaban J connectivity index is 1.60. The van der Waals surface area contributed by atoms with Crippen molar-refractivity contribution >= 4 is 17.2 Å². The molecule has 1 amide bonds. The maximum Gasteiger partial charge on any atom is 0.245 e. The van der Waals surface area contributed by atoms with E-state index in [-0.39, 0.29) is 18.6 Å². The monoisotopic (exact) mass is 349 g/mol. The molecule has 0 spiro atoms. The predicted octanol–water partition coefficient (Wildman–Crippen LogP) is 1.36. The number of methoxy groups -OCH3 is 1. The predicted molar refractivity (Wildman–Crippen MR) is 91.7 cm³/mol. The molecule has 1 atom stereocenters. The van der Waals surface area contributed by atoms with Crippen LogP contribution in [0.2, 0.25) is 0 Å². The standard InChI is InChI=1S/C16H23N5O2S/c1-12-19-13(11-24-12)7-20-8-14(3-5-17-16(22)10-23-2)21-15(9-20)4-6-18-21/h4,6,11,14H,3,5,7-10H2,1-2H3,(H,17,22). The van der Waals surface area contributed by atoms with E-state index in [9.17, 15) is 4.79 Å². The lowest BCUT2D eigenvalue weighted by molar-refractivity contribution is -0.124. The number of rotatable bonds is 7. The summed E-state index contributed by atoms with van der Waals surface area (Å²) in [6.07, 6.45) is 2.69. The van der Waals surface area contributed by atoms with Crippen LogP contribution in [-0.2, 0) is 22.6 Å². The topological polar surface area (TPSA) is 72.3 Å². The molecule has 0 aliphatic carbocycles. The molecule has 1 unspecified atom stereocenters. The van der Waals surface area contributed by atoms with Gasteiger partial charge in [-0.25, -0.2) is 4.98 Å². The van der Waals surface area contributed by atoms with Crippen LogP contribution in [0.25, 0.3) is 0 Å². The zero-order valence-corrected chi connectivity index (χ0v) is 14.9. The zero-order chi connectivity index (χ0) is 16.9. The molecule has 0 fully saturated rings. The summed E-state index contributed by atoms with van der Waals surface area (Å²) >= 11 is 1.69. The Bertz CT molecular complexity index is 684. The maximum atomic E-state index is 11.5. The van der Waals surface area contributed by atoms with Crippen molar-refractivity contribution in [2.45, 2.75) is 32.5 Å². The molecule has 0 saturated heterocycles. The van der Waals surface area contributed by atoms with Crippen LogP contribution in [0.4, 0.5) is 0 Å². The highest BCUT2D eigenvalue weighted by Gasteiger charge is 2.25. The summed E-state index contributed by atoms with van der Waals surface area (Å²) in [6.45, 7) is 5.39. The number of nitrogens with one attached hydrogen (secondary N) is 1. The molecule has 3 rings (SSSR count). The Kier molecular flexibility index (Phi) is 5.60. The number of thiazole rings is 1. The van der Waals surface area contributed by atoms with Gasteiger partial charge >= 0.3 is 0 Å². The van der Waals surface area contributed by atoms with Gasteiger partial charge < -0.3 is 10.1 Å². The largest absolute Gasteiger partial charge is 0.375 e. The average Bonchev–Trinajstić information content (AvgIpc) is 3.16. The molecule has 0 radical (unpaired) electrons. The Morgan fingerprint density at radius 1 is 1.54 bits per heavy atom. The van der Waals surface area contributed by atoms with Gasteiger partial charge in [0.15, 0.2) is 0 Å². The highest BCUT2D eigenvalue weighted by molar-refractivity contribution is 7.09. The van der Waals surface area contributed by atoms with E-state index in [2.05, 4.69) is 36.4 Å². The summed E-state index contributed by atoms with van der Waals surface area (Å²) < 4.78 is 6.92. The van der Waals surface area contributed by atoms with Gasteiger partial charge in [-0.3, -0.25) is 14.4 Å². The Morgan fingerprint density at radius 3 is 3.17 bits per heavy atom. The van der Waals surface area contributed by atoms with Crippen molar-refractivity contribution in [2.75, 3.05) is 26.8 Å². The fraction of sp³-hybridized carbons (Fsp3) is 0.562. The number of hydrogen-bond acceptors (Lipinski definition) is 6. The number of nitrogens with zero attached hydrogens (tertiary/aromatic N) is 4. The van der Waals surface area contributed by atoms with E-state index in [1.165, 1.54) is 12.8 Å². The van der Waals surface area contributed by atoms with Gasteiger partial charge in [0.2, 0.25) is 5.91 Å². The van der Waals surface area contributed by atoms with Gasteiger partial charge in [0.1, 0.15) is 6.61 Å². The van der Waals surface area contributed by atoms with Crippen LogP contribution in [-0.4, -0.2) is 52.4 Å². The smallest absolute Gasteiger partial charge is 0.245 e. The third kappa shape index (κ3) is 4.19. The van der Waals surface area contributed by atoms with Crippen LogP contribution < -0.4 is 5.32 Å². The van der Waals surface area contributed by atoms with Crippen LogP contribution in [0.15, 0.2) is 17.6 Å². The average molecular weight is 349 g/mol. The Labute approximate surface area is 145 Å². The van der Waals surface area contributed by atoms with Crippen LogP contribution in [0.3, 0.4) is 0 Å². The molecule has 2 aromatic heterocycles. The molecule has 1 N–H and O–H groups in total. The van der Waals surface area contributed by atoms with Gasteiger partial charge in [0.05, 0.1) is 22.4 Å². The van der Waals surface area contributed by atoms with Crippen LogP contribution in [0.5, 0.6) is 0 Å². The molecule has 8 heteroatoms. The lowest BCUT2D eigenvalue weighted by atomic mass is 10.1. The molecule has 2 aromatic rings. The minimum Gasteiger partial charge on any atom is -0.375 e. The van der Waals surface area contributed by atoms with E-state index in [1.807, 2.05) is 13.1 Å². The number of fused-ring (bicyclic) bond motifs is 1. The first kappa shape index (κ1) is 17.1. The summed E-state index contributed by atoms with van der Waals surface area (Å²) in [4.78, 5) is 18.5. The Hall–Kier alpha value is -1.77. The first-order valence-electron chi connectivity index (χ1n) is 8.07. The molecule has 130 valence electrons. The van der Waals surface area contributed by atoms with Crippen molar-refractivity contribution in [1.29, 1.82) is 0 Å². The lowest BCUT2D eigenvalue weighted by Gasteiger charge is -2.33. The van der Waals surface area contributed by atoms with E-state index >= 15 is 0 Å². The molecule has 0 saturated carbocycles. The zero-order valence-electron chi connectivity index (χ0n) is 14.1. The minimum atomic E-state index is -0.0798. The van der Waals surface area contributed by atoms with Crippen molar-refractivity contribution < 1.29 is 9.53 Å². The summed E-state index contributed by atoms with van der Waals surface area (Å²) in [5, 5.41) is 10.6. The second-order valence-electron chi connectivity index (χ2n) is 6.02. The van der Waals surface area contributed by atoms with E-state index in [0.717, 1.165) is 36.8 Å². The second-order valence-corrected chi connectivity index (χ2v) is 7.08. The quantitative estimate of drug-likeness (QED) is 0.817. The van der Waals surface area contributed by atoms with Crippen molar-refractivity contribution in [2.24, 2.45) is 0 Å². The number of carbonyl (C=O) groups excluding carboxylic acids is 1. The van der Waals surface area contributed by atoms with Crippen molar-refractivity contribution in [3.05, 3.63) is 34.0 Å². The fourth-order valence-electron chi connectivity index (χ4n) is 3.07. The van der Waals surface area contributed by atoms with Crippen molar-refractivity contribution in [3.8, 4) is 0 Å². The third-order valence-electron chi connectivity index (χ3n) is 4.08. The maximum absolute atomic E-state index is 11.5. The molecule has 0 bridgehead atoms. The van der Waals surface area contributed by atoms with Gasteiger partial charge in [0.25, 0.3) is 0 Å². The number of carbonyl (C=O) groups is 1. The van der Waals surface area contributed by atoms with Gasteiger partial charge in [-0.15, -0.1) is 11.3 Å². The number of ether oxygens (including phenoxy) is 1. The Morgan fingerprint density at radius 2 is 2.42 bits per heavy atom. The third-order valence-corrected chi connectivity index (χ3v) is 4.90. The molecule has 1 aliphatic heterocycles. The molecular formula is C16H23N5O2S. The SMILES string of the molecule is COCC(=O)NCCC1CN(Cc2csc(C)n2)Cc2ccnn21. The van der Waals surface area contributed by atoms with Gasteiger partial charge in [0, 0.05) is 44.9 Å². The van der Waals surface area contributed by atoms with Gasteiger partial charge in [-0.05, 0) is 19.4 Å². The second kappa shape index (κ2) is 7.87. The van der Waals surface area contributed by atoms with Crippen LogP contribution in [0.1, 0.15) is 28.9 Å². The van der Waals surface area contributed by atoms with Crippen LogP contribution in [0, 0.1) is 6.92 Å². The van der Waals surface area contributed by atoms with E-state index < -0.39 is 0 Å². The normalized spacial score (nSPS) is 17.7. The fourth-order valence-corrected chi connectivity index (χ4v) is 3.67. The van der Waals surface area contributed by atoms with Crippen molar-refractivity contribution in [1.82, 2.24) is 25.0 Å². The van der Waals surface area contributed by atoms with Gasteiger partial charge in [-0.1, -0.05) is 0 Å². The van der Waals surface area contributed by atoms with Gasteiger partial charge in [-0.2, -0.15) is 5.10 Å². The van der Waals surface area contributed by atoms with E-state index in [0.29, 0.717) is 6.54 Å². The molecule has 1 aliphatic rings. The van der Waals surface area contributed by atoms with Crippen molar-refractivity contribution in [3.63, 3.8) is 0 Å².